The van der Waals surface area contributed by atoms with Gasteiger partial charge < -0.3 is 34.9 Å². The molecule has 0 saturated carbocycles. The molecular formula is C6H11O9P. The van der Waals surface area contributed by atoms with Gasteiger partial charge in [-0.1, -0.05) is 0 Å². The smallest absolute Gasteiger partial charge is 0.368 e. The lowest BCUT2D eigenvalue weighted by atomic mass is 10.1. The quantitative estimate of drug-likeness (QED) is 0.206. The van der Waals surface area contributed by atoms with E-state index in [2.05, 4.69) is 4.74 Å². The normalized spacial score (nSPS) is 41.4. The molecule has 0 radical (unpaired) electrons. The number of rotatable bonds is 1. The summed E-state index contributed by atoms with van der Waals surface area (Å²) in [5.74, 6) is -3.85. The first kappa shape index (κ1) is 13.5. The summed E-state index contributed by atoms with van der Waals surface area (Å²) in [5, 5.41) is 36.7. The summed E-state index contributed by atoms with van der Waals surface area (Å²) in [5.41, 5.74) is 0. The van der Waals surface area contributed by atoms with Crippen molar-refractivity contribution in [2.75, 3.05) is 0 Å². The van der Waals surface area contributed by atoms with Gasteiger partial charge in [0.05, 0.1) is 0 Å². The molecule has 5 atom stereocenters. The molecule has 94 valence electrons. The number of aliphatic hydroxyl groups is 4. The van der Waals surface area contributed by atoms with Crippen molar-refractivity contribution in [2.45, 2.75) is 30.3 Å². The van der Waals surface area contributed by atoms with Crippen LogP contribution in [0.1, 0.15) is 0 Å². The van der Waals surface area contributed by atoms with Gasteiger partial charge in [-0.25, -0.2) is 4.79 Å². The number of carbonyl (C=O) groups is 1. The average Bonchev–Trinajstić information content (AvgIpc) is 2.24. The SMILES string of the molecule is O=C1OC(P(=O)(O)O)[C@@H](O)[C@@H](O)[C@H](O)[C@H]1O. The predicted molar refractivity (Wildman–Crippen MR) is 46.0 cm³/mol. The van der Waals surface area contributed by atoms with Gasteiger partial charge >= 0.3 is 13.6 Å². The Morgan fingerprint density at radius 1 is 1.00 bits per heavy atom. The van der Waals surface area contributed by atoms with Crippen molar-refractivity contribution < 1.29 is 44.3 Å². The minimum atomic E-state index is -5.03. The summed E-state index contributed by atoms with van der Waals surface area (Å²) in [7, 11) is -5.03. The summed E-state index contributed by atoms with van der Waals surface area (Å²) < 4.78 is 15.0. The molecule has 0 aliphatic carbocycles. The number of hydrogen-bond donors (Lipinski definition) is 6. The fraction of sp³-hybridized carbons (Fsp3) is 0.833. The molecule has 1 rings (SSSR count). The molecule has 0 bridgehead atoms. The van der Waals surface area contributed by atoms with Crippen LogP contribution in [-0.4, -0.2) is 66.4 Å². The topological polar surface area (TPSA) is 165 Å². The third-order valence-corrected chi connectivity index (χ3v) is 3.20. The summed E-state index contributed by atoms with van der Waals surface area (Å²) in [6.07, 6.45) is -8.57. The van der Waals surface area contributed by atoms with Crippen LogP contribution >= 0.6 is 7.60 Å². The number of aliphatic hydroxyl groups excluding tert-OH is 4. The van der Waals surface area contributed by atoms with E-state index in [-0.39, 0.29) is 0 Å². The first-order valence-corrected chi connectivity index (χ1v) is 5.82. The highest BCUT2D eigenvalue weighted by Gasteiger charge is 2.50. The highest BCUT2D eigenvalue weighted by Crippen LogP contribution is 2.45. The van der Waals surface area contributed by atoms with Crippen LogP contribution in [0, 0.1) is 0 Å². The van der Waals surface area contributed by atoms with Crippen LogP contribution in [0.2, 0.25) is 0 Å². The molecule has 0 aromatic rings. The third-order valence-electron chi connectivity index (χ3n) is 2.13. The minimum Gasteiger partial charge on any atom is -0.444 e. The van der Waals surface area contributed by atoms with E-state index in [1.54, 1.807) is 0 Å². The zero-order chi connectivity index (χ0) is 12.7. The Hall–Kier alpha value is -0.540. The monoisotopic (exact) mass is 258 g/mol. The molecule has 1 fully saturated rings. The van der Waals surface area contributed by atoms with Gasteiger partial charge in [0.2, 0.25) is 5.85 Å². The van der Waals surface area contributed by atoms with Crippen molar-refractivity contribution in [2.24, 2.45) is 0 Å². The van der Waals surface area contributed by atoms with E-state index in [0.29, 0.717) is 0 Å². The second-order valence-corrected chi connectivity index (χ2v) is 5.02. The molecule has 1 saturated heterocycles. The first-order chi connectivity index (χ1) is 7.16. The second kappa shape index (κ2) is 4.38. The van der Waals surface area contributed by atoms with Gasteiger partial charge in [0.25, 0.3) is 0 Å². The molecule has 0 aromatic heterocycles. The van der Waals surface area contributed by atoms with Crippen molar-refractivity contribution in [3.63, 3.8) is 0 Å². The maximum absolute atomic E-state index is 11.0. The Morgan fingerprint density at radius 2 is 1.50 bits per heavy atom. The Morgan fingerprint density at radius 3 is 1.94 bits per heavy atom. The Bertz CT molecular complexity index is 324. The van der Waals surface area contributed by atoms with Crippen LogP contribution in [0.15, 0.2) is 0 Å². The van der Waals surface area contributed by atoms with Crippen molar-refractivity contribution in [3.8, 4) is 0 Å². The summed E-state index contributed by atoms with van der Waals surface area (Å²) in [6, 6.07) is 0. The highest BCUT2D eigenvalue weighted by atomic mass is 31.2. The van der Waals surface area contributed by atoms with Crippen LogP contribution in [0.3, 0.4) is 0 Å². The number of ether oxygens (including phenoxy) is 1. The molecular weight excluding hydrogens is 247 g/mol. The van der Waals surface area contributed by atoms with Crippen LogP contribution in [0.4, 0.5) is 0 Å². The maximum atomic E-state index is 11.0. The number of cyclic esters (lactones) is 1. The van der Waals surface area contributed by atoms with Gasteiger partial charge in [0.15, 0.2) is 6.10 Å². The second-order valence-electron chi connectivity index (χ2n) is 3.33. The zero-order valence-corrected chi connectivity index (χ0v) is 8.64. The van der Waals surface area contributed by atoms with Crippen molar-refractivity contribution in [1.82, 2.24) is 0 Å². The summed E-state index contributed by atoms with van der Waals surface area (Å²) in [6.45, 7) is 0. The van der Waals surface area contributed by atoms with Crippen LogP contribution in [-0.2, 0) is 14.1 Å². The molecule has 1 heterocycles. The molecule has 1 aliphatic heterocycles. The lowest BCUT2D eigenvalue weighted by Crippen LogP contribution is -2.46. The van der Waals surface area contributed by atoms with Gasteiger partial charge in [-0.3, -0.25) is 4.57 Å². The fourth-order valence-electron chi connectivity index (χ4n) is 1.22. The Labute approximate surface area is 89.1 Å². The molecule has 1 aliphatic rings. The standard InChI is InChI=1S/C6H11O9P/c7-1-2(8)4(10)6(16(12,13)14)15-5(11)3(1)9/h1-4,6-10H,(H2,12,13,14)/t1-,2-,3+,4-,6?/m0/s1. The van der Waals surface area contributed by atoms with E-state index >= 15 is 0 Å². The highest BCUT2D eigenvalue weighted by molar-refractivity contribution is 7.52. The van der Waals surface area contributed by atoms with Gasteiger partial charge in [-0.2, -0.15) is 0 Å². The van der Waals surface area contributed by atoms with E-state index in [4.69, 9.17) is 20.0 Å². The minimum absolute atomic E-state index is 1.53. The molecule has 16 heavy (non-hydrogen) atoms. The van der Waals surface area contributed by atoms with E-state index in [1.165, 1.54) is 0 Å². The van der Waals surface area contributed by atoms with Crippen molar-refractivity contribution >= 4 is 13.6 Å². The van der Waals surface area contributed by atoms with Gasteiger partial charge in [-0.05, 0) is 0 Å². The maximum Gasteiger partial charge on any atom is 0.368 e. The Balaban J connectivity index is 3.07. The number of esters is 1. The molecule has 0 aromatic carbocycles. The molecule has 9 nitrogen and oxygen atoms in total. The summed E-state index contributed by atoms with van der Waals surface area (Å²) in [4.78, 5) is 28.5. The lowest BCUT2D eigenvalue weighted by molar-refractivity contribution is -0.160. The Kier molecular flexibility index (Phi) is 3.70. The van der Waals surface area contributed by atoms with Gasteiger partial charge in [-0.15, -0.1) is 0 Å². The predicted octanol–water partition coefficient (Wildman–Crippen LogP) is -3.51. The van der Waals surface area contributed by atoms with E-state index in [1.807, 2.05) is 0 Å². The van der Waals surface area contributed by atoms with Gasteiger partial charge in [0, 0.05) is 0 Å². The van der Waals surface area contributed by atoms with Crippen LogP contribution in [0.25, 0.3) is 0 Å². The van der Waals surface area contributed by atoms with Crippen molar-refractivity contribution in [3.05, 3.63) is 0 Å². The van der Waals surface area contributed by atoms with E-state index in [9.17, 15) is 19.6 Å². The molecule has 0 amide bonds. The van der Waals surface area contributed by atoms with E-state index in [0.717, 1.165) is 0 Å². The van der Waals surface area contributed by atoms with E-state index < -0.39 is 43.8 Å². The average molecular weight is 258 g/mol. The van der Waals surface area contributed by atoms with Crippen LogP contribution in [0.5, 0.6) is 0 Å². The lowest BCUT2D eigenvalue weighted by Gasteiger charge is -2.24. The first-order valence-electron chi connectivity index (χ1n) is 4.14. The third kappa shape index (κ3) is 2.41. The summed E-state index contributed by atoms with van der Waals surface area (Å²) >= 11 is 0. The van der Waals surface area contributed by atoms with Gasteiger partial charge in [0.1, 0.15) is 18.3 Å². The van der Waals surface area contributed by atoms with Crippen LogP contribution < -0.4 is 0 Å². The molecule has 10 heteroatoms. The number of hydrogen-bond acceptors (Lipinski definition) is 7. The van der Waals surface area contributed by atoms with Crippen molar-refractivity contribution in [1.29, 1.82) is 0 Å². The fourth-order valence-corrected chi connectivity index (χ4v) is 2.04. The number of carbonyl (C=O) groups excluding carboxylic acids is 1. The molecule has 1 unspecified atom stereocenters. The molecule has 0 spiro atoms. The molecule has 6 N–H and O–H groups in total. The zero-order valence-electron chi connectivity index (χ0n) is 7.74. The largest absolute Gasteiger partial charge is 0.444 e.